The zero-order valence-electron chi connectivity index (χ0n) is 14.1. The van der Waals surface area contributed by atoms with Crippen LogP contribution in [0.3, 0.4) is 0 Å². The summed E-state index contributed by atoms with van der Waals surface area (Å²) in [6.45, 7) is 7.61. The number of nitrogens with two attached hydrogens (primary N) is 1. The van der Waals surface area contributed by atoms with Gasteiger partial charge in [-0.05, 0) is 49.1 Å². The van der Waals surface area contributed by atoms with Crippen molar-refractivity contribution in [3.05, 3.63) is 29.8 Å². The van der Waals surface area contributed by atoms with Crippen molar-refractivity contribution in [1.82, 2.24) is 4.90 Å². The summed E-state index contributed by atoms with van der Waals surface area (Å²) in [5.74, 6) is 0.125. The molecule has 1 aromatic rings. The molecular formula is C18H29N3O. The number of hydrogen-bond donors (Lipinski definition) is 1. The van der Waals surface area contributed by atoms with E-state index < -0.39 is 0 Å². The van der Waals surface area contributed by atoms with Crippen LogP contribution in [0.15, 0.2) is 24.3 Å². The summed E-state index contributed by atoms with van der Waals surface area (Å²) in [7, 11) is 2.10. The molecule has 0 bridgehead atoms. The largest absolute Gasteiger partial charge is 0.375 e. The molecule has 0 saturated carbocycles. The highest BCUT2D eigenvalue weighted by molar-refractivity contribution is 5.94. The van der Waals surface area contributed by atoms with Crippen molar-refractivity contribution in [3.8, 4) is 0 Å². The van der Waals surface area contributed by atoms with Crippen molar-refractivity contribution < 1.29 is 4.79 Å². The average molecular weight is 303 g/mol. The van der Waals surface area contributed by atoms with Crippen molar-refractivity contribution in [1.29, 1.82) is 0 Å². The lowest BCUT2D eigenvalue weighted by Gasteiger charge is -2.23. The van der Waals surface area contributed by atoms with E-state index in [1.165, 1.54) is 18.5 Å². The van der Waals surface area contributed by atoms with Gasteiger partial charge in [-0.2, -0.15) is 0 Å². The molecule has 1 heterocycles. The first-order valence-electron chi connectivity index (χ1n) is 8.29. The summed E-state index contributed by atoms with van der Waals surface area (Å²) >= 11 is 0. The molecule has 1 atom stereocenters. The van der Waals surface area contributed by atoms with Crippen molar-refractivity contribution in [3.63, 3.8) is 0 Å². The summed E-state index contributed by atoms with van der Waals surface area (Å²) in [6, 6.07) is 7.97. The van der Waals surface area contributed by atoms with E-state index in [2.05, 4.69) is 25.8 Å². The van der Waals surface area contributed by atoms with E-state index >= 15 is 0 Å². The molecule has 1 saturated heterocycles. The molecule has 1 fully saturated rings. The third-order valence-corrected chi connectivity index (χ3v) is 4.74. The second kappa shape index (κ2) is 7.14. The van der Waals surface area contributed by atoms with E-state index in [1.54, 1.807) is 0 Å². The van der Waals surface area contributed by atoms with Gasteiger partial charge in [-0.25, -0.2) is 0 Å². The number of carbonyl (C=O) groups excluding carboxylic acids is 1. The fourth-order valence-electron chi connectivity index (χ4n) is 2.93. The third-order valence-electron chi connectivity index (χ3n) is 4.74. The van der Waals surface area contributed by atoms with E-state index in [0.29, 0.717) is 6.54 Å². The number of unbranched alkanes of at least 4 members (excludes halogenated alkanes) is 1. The van der Waals surface area contributed by atoms with Crippen LogP contribution in [-0.2, 0) is 0 Å². The first-order chi connectivity index (χ1) is 10.5. The molecule has 0 radical (unpaired) electrons. The summed E-state index contributed by atoms with van der Waals surface area (Å²) in [6.07, 6.45) is 3.37. The SMILES string of the molecule is CCCCN(C)c1ccc(C(=O)N2CCC(C)(CN)C2)cc1. The lowest BCUT2D eigenvalue weighted by atomic mass is 9.90. The highest BCUT2D eigenvalue weighted by Crippen LogP contribution is 2.29. The van der Waals surface area contributed by atoms with Gasteiger partial charge in [0.1, 0.15) is 0 Å². The van der Waals surface area contributed by atoms with Crippen LogP contribution in [0.4, 0.5) is 5.69 Å². The molecular weight excluding hydrogens is 274 g/mol. The van der Waals surface area contributed by atoms with E-state index in [1.807, 2.05) is 29.2 Å². The number of rotatable bonds is 6. The van der Waals surface area contributed by atoms with Gasteiger partial charge in [0.15, 0.2) is 0 Å². The molecule has 4 nitrogen and oxygen atoms in total. The Bertz CT molecular complexity index is 500. The van der Waals surface area contributed by atoms with E-state index in [0.717, 1.165) is 31.6 Å². The van der Waals surface area contributed by atoms with Crippen molar-refractivity contribution in [2.45, 2.75) is 33.1 Å². The Labute approximate surface area is 134 Å². The Kier molecular flexibility index (Phi) is 5.46. The number of likely N-dealkylation sites (tertiary alicyclic amines) is 1. The standard InChI is InChI=1S/C18H29N3O/c1-4-5-11-20(3)16-8-6-15(7-9-16)17(22)21-12-10-18(2,13-19)14-21/h6-9H,4-5,10-14,19H2,1-3H3. The van der Waals surface area contributed by atoms with E-state index in [9.17, 15) is 4.79 Å². The van der Waals surface area contributed by atoms with Gasteiger partial charge < -0.3 is 15.5 Å². The molecule has 1 amide bonds. The minimum absolute atomic E-state index is 0.0793. The smallest absolute Gasteiger partial charge is 0.253 e. The Morgan fingerprint density at radius 1 is 1.36 bits per heavy atom. The topological polar surface area (TPSA) is 49.6 Å². The number of hydrogen-bond acceptors (Lipinski definition) is 3. The van der Waals surface area contributed by atoms with Crippen LogP contribution in [0, 0.1) is 5.41 Å². The maximum atomic E-state index is 12.6. The normalized spacial score (nSPS) is 21.2. The molecule has 2 rings (SSSR count). The molecule has 1 aliphatic rings. The molecule has 0 aliphatic carbocycles. The molecule has 122 valence electrons. The molecule has 0 spiro atoms. The van der Waals surface area contributed by atoms with Crippen LogP contribution < -0.4 is 10.6 Å². The maximum Gasteiger partial charge on any atom is 0.253 e. The van der Waals surface area contributed by atoms with Gasteiger partial charge in [-0.15, -0.1) is 0 Å². The van der Waals surface area contributed by atoms with Gasteiger partial charge >= 0.3 is 0 Å². The number of nitrogens with zero attached hydrogens (tertiary/aromatic N) is 2. The summed E-state index contributed by atoms with van der Waals surface area (Å²) in [5, 5.41) is 0. The summed E-state index contributed by atoms with van der Waals surface area (Å²) < 4.78 is 0. The van der Waals surface area contributed by atoms with Gasteiger partial charge in [-0.1, -0.05) is 20.3 Å². The van der Waals surface area contributed by atoms with Crippen LogP contribution in [0.1, 0.15) is 43.5 Å². The maximum absolute atomic E-state index is 12.6. The molecule has 0 aromatic heterocycles. The number of amides is 1. The first kappa shape index (κ1) is 16.8. The van der Waals surface area contributed by atoms with Crippen LogP contribution in [0.25, 0.3) is 0 Å². The van der Waals surface area contributed by atoms with E-state index in [4.69, 9.17) is 5.73 Å². The summed E-state index contributed by atoms with van der Waals surface area (Å²) in [4.78, 5) is 16.7. The van der Waals surface area contributed by atoms with E-state index in [-0.39, 0.29) is 11.3 Å². The van der Waals surface area contributed by atoms with Crippen LogP contribution >= 0.6 is 0 Å². The quantitative estimate of drug-likeness (QED) is 0.879. The highest BCUT2D eigenvalue weighted by Gasteiger charge is 2.35. The molecule has 22 heavy (non-hydrogen) atoms. The van der Waals surface area contributed by atoms with Crippen molar-refractivity contribution >= 4 is 11.6 Å². The second-order valence-electron chi connectivity index (χ2n) is 6.81. The minimum atomic E-state index is 0.0793. The molecule has 4 heteroatoms. The number of anilines is 1. The molecule has 2 N–H and O–H groups in total. The first-order valence-corrected chi connectivity index (χ1v) is 8.29. The van der Waals surface area contributed by atoms with Crippen molar-refractivity contribution in [2.24, 2.45) is 11.1 Å². The Balaban J connectivity index is 2.00. The number of carbonyl (C=O) groups is 1. The minimum Gasteiger partial charge on any atom is -0.375 e. The lowest BCUT2D eigenvalue weighted by Crippen LogP contribution is -2.34. The Hall–Kier alpha value is -1.55. The van der Waals surface area contributed by atoms with Gasteiger partial charge in [0, 0.05) is 37.9 Å². The van der Waals surface area contributed by atoms with Gasteiger partial charge in [-0.3, -0.25) is 4.79 Å². The third kappa shape index (κ3) is 3.80. The predicted molar refractivity (Wildman–Crippen MR) is 92.3 cm³/mol. The second-order valence-corrected chi connectivity index (χ2v) is 6.81. The highest BCUT2D eigenvalue weighted by atomic mass is 16.2. The average Bonchev–Trinajstić information content (AvgIpc) is 2.95. The Morgan fingerprint density at radius 3 is 2.59 bits per heavy atom. The fraction of sp³-hybridized carbons (Fsp3) is 0.611. The van der Waals surface area contributed by atoms with Gasteiger partial charge in [0.2, 0.25) is 0 Å². The number of benzene rings is 1. The summed E-state index contributed by atoms with van der Waals surface area (Å²) in [5.41, 5.74) is 7.84. The molecule has 1 aromatic carbocycles. The fourth-order valence-corrected chi connectivity index (χ4v) is 2.93. The molecule has 1 unspecified atom stereocenters. The van der Waals surface area contributed by atoms with Crippen molar-refractivity contribution in [2.75, 3.05) is 38.1 Å². The van der Waals surface area contributed by atoms with Crippen LogP contribution in [0.5, 0.6) is 0 Å². The molecule has 1 aliphatic heterocycles. The zero-order chi connectivity index (χ0) is 16.2. The zero-order valence-corrected chi connectivity index (χ0v) is 14.1. The monoisotopic (exact) mass is 303 g/mol. The van der Waals surface area contributed by atoms with Crippen LogP contribution in [-0.4, -0.2) is 44.0 Å². The van der Waals surface area contributed by atoms with Gasteiger partial charge in [0.25, 0.3) is 5.91 Å². The van der Waals surface area contributed by atoms with Crippen LogP contribution in [0.2, 0.25) is 0 Å². The predicted octanol–water partition coefficient (Wildman–Crippen LogP) is 2.73. The lowest BCUT2D eigenvalue weighted by molar-refractivity contribution is 0.0777. The van der Waals surface area contributed by atoms with Gasteiger partial charge in [0.05, 0.1) is 0 Å². The Morgan fingerprint density at radius 2 is 2.05 bits per heavy atom.